The van der Waals surface area contributed by atoms with E-state index >= 15 is 4.39 Å². The Balaban J connectivity index is 0.801. The number of aromatic nitrogens is 2. The number of ether oxygens (including phenoxy) is 1. The highest BCUT2D eigenvalue weighted by Crippen LogP contribution is 2.55. The van der Waals surface area contributed by atoms with E-state index in [0.29, 0.717) is 27.8 Å². The number of imide groups is 1. The average molecular weight is 837 g/mol. The van der Waals surface area contributed by atoms with Gasteiger partial charge in [-0.05, 0) is 79.8 Å². The normalized spacial score (nSPS) is 23.1. The third-order valence-electron chi connectivity index (χ3n) is 13.2. The van der Waals surface area contributed by atoms with Crippen LogP contribution in [0, 0.1) is 34.0 Å². The summed E-state index contributed by atoms with van der Waals surface area (Å²) in [5.74, 6) is -0.846. The van der Waals surface area contributed by atoms with E-state index in [1.807, 2.05) is 30.3 Å². The lowest BCUT2D eigenvalue weighted by molar-refractivity contribution is -0.164. The van der Waals surface area contributed by atoms with E-state index in [-0.39, 0.29) is 52.5 Å². The Morgan fingerprint density at radius 2 is 1.57 bits per heavy atom. The molecule has 1 aliphatic carbocycles. The standard InChI is InChI=1S/C45H50ClFN8O5/c1-44(2)42(45(3,4)43(44)60-32-11-7-29(25-48)35(46)24-32)50-39(57)28-5-8-30(9-6-28)53-17-15-27(16-18-53)26-52-19-21-54(22-20-52)31-10-12-33-34(23-31)38(47)51-55(41(33)59)36-13-14-37(56)49-40(36)58/h5-12,23-24,27,36,42-43H,13-22,26H2,1-4H3,(H,50,57)(H,49,56,58)/t36-,42?,43?/m1/s1. The van der Waals surface area contributed by atoms with E-state index in [1.165, 1.54) is 0 Å². The first kappa shape index (κ1) is 41.2. The zero-order chi connectivity index (χ0) is 42.5. The lowest BCUT2D eigenvalue weighted by Gasteiger charge is -2.63. The molecule has 0 spiro atoms. The molecular weight excluding hydrogens is 787 g/mol. The average Bonchev–Trinajstić information content (AvgIpc) is 3.23. The first-order valence-electron chi connectivity index (χ1n) is 20.7. The Hall–Kier alpha value is -5.52. The van der Waals surface area contributed by atoms with Crippen LogP contribution >= 0.6 is 11.6 Å². The lowest BCUT2D eigenvalue weighted by Crippen LogP contribution is -2.74. The van der Waals surface area contributed by atoms with E-state index in [9.17, 15) is 24.4 Å². The van der Waals surface area contributed by atoms with Gasteiger partial charge in [-0.3, -0.25) is 29.4 Å². The number of nitrogens with one attached hydrogen (secondary N) is 2. The number of nitrogens with zero attached hydrogens (tertiary/aromatic N) is 6. The monoisotopic (exact) mass is 836 g/mol. The third kappa shape index (κ3) is 7.81. The topological polar surface area (TPSA) is 153 Å². The highest BCUT2D eigenvalue weighted by Gasteiger charge is 2.64. The van der Waals surface area contributed by atoms with E-state index in [1.54, 1.807) is 30.3 Å². The van der Waals surface area contributed by atoms with Gasteiger partial charge in [0, 0.05) is 97.5 Å². The summed E-state index contributed by atoms with van der Waals surface area (Å²) in [4.78, 5) is 57.7. The quantitative estimate of drug-likeness (QED) is 0.201. The van der Waals surface area contributed by atoms with Crippen LogP contribution in [0.5, 0.6) is 5.75 Å². The molecule has 8 rings (SSSR count). The Labute approximate surface area is 353 Å². The molecule has 4 aliphatic rings. The predicted molar refractivity (Wildman–Crippen MR) is 227 cm³/mol. The molecule has 3 amide bonds. The maximum absolute atomic E-state index is 15.3. The number of benzene rings is 3. The van der Waals surface area contributed by atoms with Crippen LogP contribution in [-0.4, -0.2) is 90.4 Å². The van der Waals surface area contributed by atoms with Crippen molar-refractivity contribution in [3.8, 4) is 11.8 Å². The Morgan fingerprint density at radius 1 is 0.900 bits per heavy atom. The van der Waals surface area contributed by atoms with Crippen molar-refractivity contribution in [1.82, 2.24) is 25.3 Å². The fourth-order valence-corrected chi connectivity index (χ4v) is 10.3. The highest BCUT2D eigenvalue weighted by molar-refractivity contribution is 6.31. The number of amides is 3. The van der Waals surface area contributed by atoms with Crippen LogP contribution in [0.2, 0.25) is 5.02 Å². The van der Waals surface area contributed by atoms with Gasteiger partial charge in [-0.1, -0.05) is 39.3 Å². The van der Waals surface area contributed by atoms with Crippen LogP contribution in [-0.2, 0) is 9.59 Å². The molecule has 314 valence electrons. The summed E-state index contributed by atoms with van der Waals surface area (Å²) < 4.78 is 22.5. The molecule has 4 fully saturated rings. The molecule has 60 heavy (non-hydrogen) atoms. The number of nitriles is 1. The molecule has 4 heterocycles. The maximum atomic E-state index is 15.3. The number of halogens is 2. The molecule has 0 bridgehead atoms. The summed E-state index contributed by atoms with van der Waals surface area (Å²) in [7, 11) is 0. The second-order valence-electron chi connectivity index (χ2n) is 17.8. The fraction of sp³-hybridized carbons (Fsp3) is 0.467. The number of anilines is 2. The number of rotatable bonds is 9. The van der Waals surface area contributed by atoms with Gasteiger partial charge in [-0.2, -0.15) is 9.65 Å². The van der Waals surface area contributed by atoms with Gasteiger partial charge in [0.15, 0.2) is 0 Å². The Morgan fingerprint density at radius 3 is 2.22 bits per heavy atom. The Kier molecular flexibility index (Phi) is 11.1. The largest absolute Gasteiger partial charge is 0.489 e. The van der Waals surface area contributed by atoms with Crippen LogP contribution in [0.3, 0.4) is 0 Å². The summed E-state index contributed by atoms with van der Waals surface area (Å²) >= 11 is 6.25. The zero-order valence-electron chi connectivity index (χ0n) is 34.3. The predicted octanol–water partition coefficient (Wildman–Crippen LogP) is 5.69. The third-order valence-corrected chi connectivity index (χ3v) is 13.5. The summed E-state index contributed by atoms with van der Waals surface area (Å²) in [6.07, 6.45) is 2.11. The molecule has 13 nitrogen and oxygen atoms in total. The SMILES string of the molecule is CC1(C)C(NC(=O)c2ccc(N3CCC(CN4CCN(c5ccc6c(=O)n([C@@H]7CCC(=O)NC7=O)nc(F)c6c5)CC4)CC3)cc2)C(C)(C)C1Oc1ccc(C#N)c(Cl)c1. The molecule has 15 heteroatoms. The van der Waals surface area contributed by atoms with Crippen LogP contribution < -0.4 is 30.7 Å². The molecule has 0 radical (unpaired) electrons. The highest BCUT2D eigenvalue weighted by atomic mass is 35.5. The molecule has 4 aromatic rings. The first-order valence-corrected chi connectivity index (χ1v) is 21.1. The van der Waals surface area contributed by atoms with Crippen molar-refractivity contribution in [2.24, 2.45) is 16.7 Å². The zero-order valence-corrected chi connectivity index (χ0v) is 35.1. The van der Waals surface area contributed by atoms with Crippen molar-refractivity contribution in [1.29, 1.82) is 5.26 Å². The fourth-order valence-electron chi connectivity index (χ4n) is 10.1. The van der Waals surface area contributed by atoms with E-state index in [2.05, 4.69) is 64.2 Å². The summed E-state index contributed by atoms with van der Waals surface area (Å²) in [5, 5.41) is 19.2. The molecule has 3 aromatic carbocycles. The summed E-state index contributed by atoms with van der Waals surface area (Å²) in [6.45, 7) is 14.5. The van der Waals surface area contributed by atoms with Gasteiger partial charge in [0.2, 0.25) is 11.9 Å². The van der Waals surface area contributed by atoms with Crippen LogP contribution in [0.4, 0.5) is 15.8 Å². The van der Waals surface area contributed by atoms with Crippen molar-refractivity contribution < 1.29 is 23.5 Å². The number of carbonyl (C=O) groups excluding carboxylic acids is 3. The number of piperazine rings is 1. The van der Waals surface area contributed by atoms with Crippen molar-refractivity contribution in [3.05, 3.63) is 93.1 Å². The molecule has 2 N–H and O–H groups in total. The van der Waals surface area contributed by atoms with Gasteiger partial charge in [0.1, 0.15) is 24.0 Å². The summed E-state index contributed by atoms with van der Waals surface area (Å²) in [5.41, 5.74) is 1.66. The van der Waals surface area contributed by atoms with Gasteiger partial charge >= 0.3 is 0 Å². The lowest BCUT2D eigenvalue weighted by atomic mass is 9.49. The number of hydrogen-bond acceptors (Lipinski definition) is 10. The minimum absolute atomic E-state index is 0.0608. The van der Waals surface area contributed by atoms with Crippen LogP contribution in [0.15, 0.2) is 65.5 Å². The molecule has 0 unspecified atom stereocenters. The van der Waals surface area contributed by atoms with Crippen LogP contribution in [0.25, 0.3) is 10.8 Å². The molecule has 3 aliphatic heterocycles. The first-order chi connectivity index (χ1) is 28.6. The van der Waals surface area contributed by atoms with Crippen LogP contribution in [0.1, 0.15) is 75.3 Å². The van der Waals surface area contributed by atoms with E-state index in [0.717, 1.165) is 74.7 Å². The number of hydrogen-bond donors (Lipinski definition) is 2. The summed E-state index contributed by atoms with van der Waals surface area (Å²) in [6, 6.07) is 19.0. The van der Waals surface area contributed by atoms with Crippen molar-refractivity contribution in [2.45, 2.75) is 71.6 Å². The van der Waals surface area contributed by atoms with E-state index in [4.69, 9.17) is 16.3 Å². The molecule has 3 saturated heterocycles. The second-order valence-corrected chi connectivity index (χ2v) is 18.2. The minimum atomic E-state index is -1.03. The van der Waals surface area contributed by atoms with Gasteiger partial charge in [-0.15, -0.1) is 5.10 Å². The van der Waals surface area contributed by atoms with Gasteiger partial charge < -0.3 is 19.9 Å². The Bertz CT molecular complexity index is 2420. The smallest absolute Gasteiger partial charge is 0.275 e. The molecule has 1 atom stereocenters. The number of piperidine rings is 2. The number of fused-ring (bicyclic) bond motifs is 1. The van der Waals surface area contributed by atoms with Crippen molar-refractivity contribution >= 4 is 51.5 Å². The van der Waals surface area contributed by atoms with Gasteiger partial charge in [0.05, 0.1) is 16.0 Å². The van der Waals surface area contributed by atoms with Gasteiger partial charge in [0.25, 0.3) is 17.4 Å². The number of carbonyl (C=O) groups is 3. The second kappa shape index (κ2) is 16.2. The maximum Gasteiger partial charge on any atom is 0.275 e. The molecule has 1 aromatic heterocycles. The van der Waals surface area contributed by atoms with Gasteiger partial charge in [-0.25, -0.2) is 4.68 Å². The molecule has 1 saturated carbocycles. The minimum Gasteiger partial charge on any atom is -0.489 e. The molecular formula is C45H50ClFN8O5. The van der Waals surface area contributed by atoms with Crippen molar-refractivity contribution in [3.63, 3.8) is 0 Å². The van der Waals surface area contributed by atoms with E-state index < -0.39 is 29.4 Å². The van der Waals surface area contributed by atoms with Crippen molar-refractivity contribution in [2.75, 3.05) is 55.6 Å².